The van der Waals surface area contributed by atoms with Crippen molar-refractivity contribution in [3.05, 3.63) is 71.5 Å². The Hall–Kier alpha value is -2.55. The third kappa shape index (κ3) is 1.66. The maximum atomic E-state index is 11.2. The van der Waals surface area contributed by atoms with Crippen LogP contribution in [0.1, 0.15) is 5.56 Å². The number of nitrogens with one attached hydrogen (secondary N) is 1. The molecular weight excluding hydrogens is 226 g/mol. The van der Waals surface area contributed by atoms with Crippen LogP contribution in [0, 0.1) is 0 Å². The SMILES string of the molecule is O=C([O-])C1=CC(=C2C=CC=C2)Nc2ccccc21. The van der Waals surface area contributed by atoms with Crippen molar-refractivity contribution in [2.24, 2.45) is 0 Å². The van der Waals surface area contributed by atoms with Crippen molar-refractivity contribution >= 4 is 17.2 Å². The average molecular weight is 236 g/mol. The zero-order chi connectivity index (χ0) is 12.5. The highest BCUT2D eigenvalue weighted by Crippen LogP contribution is 2.32. The summed E-state index contributed by atoms with van der Waals surface area (Å²) in [4.78, 5) is 11.2. The molecular formula is C15H10NO2-. The first-order valence-corrected chi connectivity index (χ1v) is 5.64. The summed E-state index contributed by atoms with van der Waals surface area (Å²) in [5, 5.41) is 14.4. The van der Waals surface area contributed by atoms with Crippen molar-refractivity contribution in [3.63, 3.8) is 0 Å². The van der Waals surface area contributed by atoms with E-state index in [1.165, 1.54) is 0 Å². The van der Waals surface area contributed by atoms with Crippen molar-refractivity contribution in [1.29, 1.82) is 0 Å². The highest BCUT2D eigenvalue weighted by molar-refractivity contribution is 6.17. The van der Waals surface area contributed by atoms with Gasteiger partial charge >= 0.3 is 0 Å². The van der Waals surface area contributed by atoms with Gasteiger partial charge in [0.15, 0.2) is 0 Å². The van der Waals surface area contributed by atoms with E-state index in [0.717, 1.165) is 17.0 Å². The number of hydrogen-bond acceptors (Lipinski definition) is 3. The van der Waals surface area contributed by atoms with Crippen molar-refractivity contribution in [3.8, 4) is 0 Å². The van der Waals surface area contributed by atoms with E-state index >= 15 is 0 Å². The van der Waals surface area contributed by atoms with Crippen LogP contribution in [-0.4, -0.2) is 5.97 Å². The lowest BCUT2D eigenvalue weighted by atomic mass is 9.97. The quantitative estimate of drug-likeness (QED) is 0.806. The van der Waals surface area contributed by atoms with Gasteiger partial charge in [-0.1, -0.05) is 42.5 Å². The van der Waals surface area contributed by atoms with Crippen molar-refractivity contribution in [2.45, 2.75) is 0 Å². The molecule has 0 unspecified atom stereocenters. The maximum absolute atomic E-state index is 11.2. The Kier molecular flexibility index (Phi) is 2.38. The van der Waals surface area contributed by atoms with Crippen LogP contribution >= 0.6 is 0 Å². The molecule has 0 amide bonds. The summed E-state index contributed by atoms with van der Waals surface area (Å²) in [6.45, 7) is 0. The van der Waals surface area contributed by atoms with Crippen molar-refractivity contribution in [1.82, 2.24) is 0 Å². The third-order valence-corrected chi connectivity index (χ3v) is 2.97. The fourth-order valence-corrected chi connectivity index (χ4v) is 2.11. The van der Waals surface area contributed by atoms with E-state index in [4.69, 9.17) is 0 Å². The van der Waals surface area contributed by atoms with Crippen LogP contribution in [0.15, 0.2) is 65.9 Å². The zero-order valence-corrected chi connectivity index (χ0v) is 9.51. The van der Waals surface area contributed by atoms with E-state index in [1.807, 2.05) is 42.5 Å². The molecule has 0 aromatic heterocycles. The number of carboxylic acid groups (broad SMARTS) is 1. The van der Waals surface area contributed by atoms with Gasteiger partial charge in [0.25, 0.3) is 0 Å². The summed E-state index contributed by atoms with van der Waals surface area (Å²) >= 11 is 0. The third-order valence-electron chi connectivity index (χ3n) is 2.97. The second-order valence-corrected chi connectivity index (χ2v) is 4.10. The summed E-state index contributed by atoms with van der Waals surface area (Å²) in [7, 11) is 0. The zero-order valence-electron chi connectivity index (χ0n) is 9.51. The Morgan fingerprint density at radius 3 is 2.56 bits per heavy atom. The molecule has 18 heavy (non-hydrogen) atoms. The molecule has 0 fully saturated rings. The van der Waals surface area contributed by atoms with Crippen LogP contribution in [0.4, 0.5) is 5.69 Å². The maximum Gasteiger partial charge on any atom is 0.0722 e. The molecule has 0 atom stereocenters. The normalized spacial score (nSPS) is 16.3. The fraction of sp³-hybridized carbons (Fsp3) is 0. The van der Waals surface area contributed by atoms with Crippen LogP contribution < -0.4 is 10.4 Å². The molecule has 1 aromatic rings. The van der Waals surface area contributed by atoms with Gasteiger partial charge in [-0.25, -0.2) is 0 Å². The largest absolute Gasteiger partial charge is 0.545 e. The number of anilines is 1. The lowest BCUT2D eigenvalue weighted by Gasteiger charge is -2.22. The highest BCUT2D eigenvalue weighted by atomic mass is 16.4. The van der Waals surface area contributed by atoms with E-state index in [1.54, 1.807) is 12.1 Å². The van der Waals surface area contributed by atoms with E-state index in [9.17, 15) is 9.90 Å². The standard InChI is InChI=1S/C15H11NO2/c17-15(18)12-9-14(10-5-1-2-6-10)16-13-8-4-3-7-11(12)13/h1-9,16H,(H,17,18)/p-1. The summed E-state index contributed by atoms with van der Waals surface area (Å²) in [6, 6.07) is 7.30. The van der Waals surface area contributed by atoms with Gasteiger partial charge in [-0.15, -0.1) is 0 Å². The smallest absolute Gasteiger partial charge is 0.0722 e. The number of aliphatic carboxylic acids is 1. The topological polar surface area (TPSA) is 52.2 Å². The van der Waals surface area contributed by atoms with Crippen LogP contribution in [0.25, 0.3) is 5.57 Å². The minimum Gasteiger partial charge on any atom is -0.545 e. The summed E-state index contributed by atoms with van der Waals surface area (Å²) < 4.78 is 0. The van der Waals surface area contributed by atoms with Gasteiger partial charge in [0.05, 0.1) is 5.97 Å². The molecule has 0 spiro atoms. The lowest BCUT2D eigenvalue weighted by Crippen LogP contribution is -2.26. The second kappa shape index (κ2) is 4.04. The summed E-state index contributed by atoms with van der Waals surface area (Å²) in [5.74, 6) is -1.16. The van der Waals surface area contributed by atoms with Gasteiger partial charge in [0, 0.05) is 22.5 Å². The predicted octanol–water partition coefficient (Wildman–Crippen LogP) is 1.63. The molecule has 1 N–H and O–H groups in total. The number of carbonyl (C=O) groups is 1. The van der Waals surface area contributed by atoms with E-state index in [2.05, 4.69) is 5.32 Å². The number of hydrogen-bond donors (Lipinski definition) is 1. The molecule has 0 bridgehead atoms. The number of carboxylic acids is 1. The molecule has 0 radical (unpaired) electrons. The highest BCUT2D eigenvalue weighted by Gasteiger charge is 2.16. The predicted molar refractivity (Wildman–Crippen MR) is 68.4 cm³/mol. The van der Waals surface area contributed by atoms with Gasteiger partial charge in [-0.05, 0) is 17.7 Å². The molecule has 0 saturated heterocycles. The number of allylic oxidation sites excluding steroid dienone is 6. The monoisotopic (exact) mass is 236 g/mol. The lowest BCUT2D eigenvalue weighted by molar-refractivity contribution is -0.295. The Bertz CT molecular complexity index is 634. The first-order valence-electron chi connectivity index (χ1n) is 5.64. The average Bonchev–Trinajstić information content (AvgIpc) is 2.91. The molecule has 2 aliphatic rings. The van der Waals surface area contributed by atoms with Crippen molar-refractivity contribution in [2.75, 3.05) is 5.32 Å². The second-order valence-electron chi connectivity index (χ2n) is 4.10. The van der Waals surface area contributed by atoms with Crippen LogP contribution in [0.2, 0.25) is 0 Å². The summed E-state index contributed by atoms with van der Waals surface area (Å²) in [5.41, 5.74) is 3.39. The van der Waals surface area contributed by atoms with E-state index < -0.39 is 5.97 Å². The molecule has 1 heterocycles. The molecule has 1 aliphatic heterocycles. The van der Waals surface area contributed by atoms with Crippen LogP contribution in [-0.2, 0) is 4.79 Å². The summed E-state index contributed by atoms with van der Waals surface area (Å²) in [6.07, 6.45) is 9.31. The molecule has 0 saturated carbocycles. The number of fused-ring (bicyclic) bond motifs is 1. The van der Waals surface area contributed by atoms with Gasteiger partial charge < -0.3 is 15.2 Å². The Morgan fingerprint density at radius 2 is 1.83 bits per heavy atom. The number of rotatable bonds is 1. The molecule has 3 nitrogen and oxygen atoms in total. The number of benzene rings is 1. The Labute approximate surface area is 104 Å². The minimum atomic E-state index is -1.16. The van der Waals surface area contributed by atoms with Gasteiger partial charge in [-0.2, -0.15) is 0 Å². The molecule has 88 valence electrons. The first kappa shape index (κ1) is 10.6. The molecule has 1 aliphatic carbocycles. The van der Waals surface area contributed by atoms with Crippen LogP contribution in [0.3, 0.4) is 0 Å². The molecule has 1 aromatic carbocycles. The van der Waals surface area contributed by atoms with Gasteiger partial charge in [0.2, 0.25) is 0 Å². The van der Waals surface area contributed by atoms with Gasteiger partial charge in [0.1, 0.15) is 0 Å². The first-order chi connectivity index (χ1) is 8.75. The Morgan fingerprint density at radius 1 is 1.11 bits per heavy atom. The fourth-order valence-electron chi connectivity index (χ4n) is 2.11. The van der Waals surface area contributed by atoms with E-state index in [-0.39, 0.29) is 5.57 Å². The molecule has 3 rings (SSSR count). The van der Waals surface area contributed by atoms with E-state index in [0.29, 0.717) is 5.56 Å². The minimum absolute atomic E-state index is 0.209. The number of para-hydroxylation sites is 1. The number of carbonyl (C=O) groups excluding carboxylic acids is 1. The molecule has 3 heteroatoms. The van der Waals surface area contributed by atoms with Crippen molar-refractivity contribution < 1.29 is 9.90 Å². The van der Waals surface area contributed by atoms with Gasteiger partial charge in [-0.3, -0.25) is 0 Å². The van der Waals surface area contributed by atoms with Crippen LogP contribution in [0.5, 0.6) is 0 Å². The Balaban J connectivity index is 2.19.